The monoisotopic (exact) mass is 280 g/mol. The van der Waals surface area contributed by atoms with Gasteiger partial charge in [0.2, 0.25) is 5.91 Å². The molecule has 3 rings (SSSR count). The molecule has 2 unspecified atom stereocenters. The molecule has 2 aliphatic rings. The molecule has 1 aliphatic heterocycles. The Morgan fingerprint density at radius 2 is 1.95 bits per heavy atom. The Morgan fingerprint density at radius 3 is 2.65 bits per heavy atom. The zero-order chi connectivity index (χ0) is 14.3. The quantitative estimate of drug-likeness (QED) is 0.901. The van der Waals surface area contributed by atoms with E-state index in [1.807, 2.05) is 4.90 Å². The van der Waals surface area contributed by atoms with E-state index in [9.17, 15) is 13.6 Å². The largest absolute Gasteiger partial charge is 0.342 e. The van der Waals surface area contributed by atoms with E-state index in [1.165, 1.54) is 6.07 Å². The molecule has 1 saturated heterocycles. The summed E-state index contributed by atoms with van der Waals surface area (Å²) in [5.74, 6) is -1.18. The molecule has 0 radical (unpaired) electrons. The molecule has 108 valence electrons. The molecule has 0 aromatic heterocycles. The maximum absolute atomic E-state index is 13.7. The summed E-state index contributed by atoms with van der Waals surface area (Å²) < 4.78 is 26.9. The number of amides is 1. The molecular weight excluding hydrogens is 262 g/mol. The summed E-state index contributed by atoms with van der Waals surface area (Å²) in [6.07, 6.45) is 2.25. The van der Waals surface area contributed by atoms with Crippen molar-refractivity contribution in [2.24, 2.45) is 11.7 Å². The van der Waals surface area contributed by atoms with Gasteiger partial charge in [-0.3, -0.25) is 4.79 Å². The predicted octanol–water partition coefficient (Wildman–Crippen LogP) is 2.02. The van der Waals surface area contributed by atoms with E-state index in [1.54, 1.807) is 0 Å². The van der Waals surface area contributed by atoms with Gasteiger partial charge in [0.1, 0.15) is 11.6 Å². The number of hydrogen-bond acceptors (Lipinski definition) is 2. The highest BCUT2D eigenvalue weighted by molar-refractivity contribution is 5.83. The molecule has 1 aliphatic carbocycles. The first-order chi connectivity index (χ1) is 9.56. The predicted molar refractivity (Wildman–Crippen MR) is 71.0 cm³/mol. The summed E-state index contributed by atoms with van der Waals surface area (Å²) in [6.45, 7) is 1.35. The Kier molecular flexibility index (Phi) is 3.46. The third-order valence-electron chi connectivity index (χ3n) is 4.32. The van der Waals surface area contributed by atoms with Crippen LogP contribution in [0.3, 0.4) is 0 Å². The highest BCUT2D eigenvalue weighted by atomic mass is 19.1. The van der Waals surface area contributed by atoms with E-state index in [2.05, 4.69) is 0 Å². The summed E-state index contributed by atoms with van der Waals surface area (Å²) >= 11 is 0. The number of nitrogens with zero attached hydrogens (tertiary/aromatic N) is 1. The molecule has 20 heavy (non-hydrogen) atoms. The molecule has 1 saturated carbocycles. The lowest BCUT2D eigenvalue weighted by molar-refractivity contribution is -0.133. The molecule has 2 N–H and O–H groups in total. The molecule has 1 aromatic rings. The minimum atomic E-state index is -0.455. The van der Waals surface area contributed by atoms with Gasteiger partial charge < -0.3 is 10.6 Å². The summed E-state index contributed by atoms with van der Waals surface area (Å²) in [6, 6.07) is 3.61. The Morgan fingerprint density at radius 1 is 1.25 bits per heavy atom. The second-order valence-corrected chi connectivity index (χ2v) is 5.78. The van der Waals surface area contributed by atoms with Crippen molar-refractivity contribution in [3.8, 4) is 0 Å². The van der Waals surface area contributed by atoms with Crippen molar-refractivity contribution in [3.05, 3.63) is 35.4 Å². The average molecular weight is 280 g/mol. The van der Waals surface area contributed by atoms with Crippen LogP contribution in [0.5, 0.6) is 0 Å². The van der Waals surface area contributed by atoms with Gasteiger partial charge in [0.05, 0.1) is 0 Å². The molecular formula is C15H18F2N2O. The van der Waals surface area contributed by atoms with E-state index < -0.39 is 11.6 Å². The lowest BCUT2D eigenvalue weighted by Crippen LogP contribution is -2.43. The van der Waals surface area contributed by atoms with Gasteiger partial charge in [-0.25, -0.2) is 8.78 Å². The van der Waals surface area contributed by atoms with E-state index in [0.29, 0.717) is 25.1 Å². The molecule has 1 heterocycles. The highest BCUT2D eigenvalue weighted by Gasteiger charge is 2.47. The van der Waals surface area contributed by atoms with E-state index in [4.69, 9.17) is 5.73 Å². The molecule has 2 fully saturated rings. The first kappa shape index (κ1) is 13.5. The van der Waals surface area contributed by atoms with Crippen molar-refractivity contribution in [1.29, 1.82) is 0 Å². The normalized spacial score (nSPS) is 26.6. The number of carbonyl (C=O) groups is 1. The van der Waals surface area contributed by atoms with Crippen molar-refractivity contribution in [3.63, 3.8) is 0 Å². The molecule has 5 heteroatoms. The van der Waals surface area contributed by atoms with E-state index in [0.717, 1.165) is 25.0 Å². The number of hydrogen-bond donors (Lipinski definition) is 1. The van der Waals surface area contributed by atoms with E-state index >= 15 is 0 Å². The first-order valence-corrected chi connectivity index (χ1v) is 7.05. The summed E-state index contributed by atoms with van der Waals surface area (Å²) in [4.78, 5) is 14.1. The molecule has 1 amide bonds. The lowest BCUT2D eigenvalue weighted by Gasteiger charge is -2.30. The SMILES string of the molecule is NC1CCN(C(=O)C2CC2c2cc(F)ccc2F)CC1. The van der Waals surface area contributed by atoms with Crippen LogP contribution in [0.15, 0.2) is 18.2 Å². The van der Waals surface area contributed by atoms with Gasteiger partial charge in [0, 0.05) is 25.0 Å². The van der Waals surface area contributed by atoms with Gasteiger partial charge in [-0.05, 0) is 48.9 Å². The standard InChI is InChI=1S/C15H18F2N2O/c16-9-1-2-14(17)12(7-9)11-8-13(11)15(20)19-5-3-10(18)4-6-19/h1-2,7,10-11,13H,3-6,8,18H2. The van der Waals surface area contributed by atoms with Gasteiger partial charge in [0.15, 0.2) is 0 Å². The fraction of sp³-hybridized carbons (Fsp3) is 0.533. The average Bonchev–Trinajstić information content (AvgIpc) is 3.22. The van der Waals surface area contributed by atoms with Gasteiger partial charge in [0.25, 0.3) is 0 Å². The maximum atomic E-state index is 13.7. The fourth-order valence-corrected chi connectivity index (χ4v) is 2.96. The van der Waals surface area contributed by atoms with Crippen LogP contribution >= 0.6 is 0 Å². The Bertz CT molecular complexity index is 527. The lowest BCUT2D eigenvalue weighted by atomic mass is 10.0. The summed E-state index contributed by atoms with van der Waals surface area (Å²) in [7, 11) is 0. The summed E-state index contributed by atoms with van der Waals surface area (Å²) in [5, 5.41) is 0. The van der Waals surface area contributed by atoms with Crippen LogP contribution in [-0.4, -0.2) is 29.9 Å². The number of piperidine rings is 1. The number of benzene rings is 1. The minimum absolute atomic E-state index is 0.0607. The van der Waals surface area contributed by atoms with Crippen LogP contribution in [0.2, 0.25) is 0 Å². The number of nitrogens with two attached hydrogens (primary N) is 1. The first-order valence-electron chi connectivity index (χ1n) is 7.05. The zero-order valence-electron chi connectivity index (χ0n) is 11.2. The smallest absolute Gasteiger partial charge is 0.226 e. The van der Waals surface area contributed by atoms with Gasteiger partial charge in [-0.1, -0.05) is 0 Å². The number of rotatable bonds is 2. The molecule has 3 nitrogen and oxygen atoms in total. The zero-order valence-corrected chi connectivity index (χ0v) is 11.2. The van der Waals surface area contributed by atoms with Crippen LogP contribution < -0.4 is 5.73 Å². The topological polar surface area (TPSA) is 46.3 Å². The minimum Gasteiger partial charge on any atom is -0.342 e. The van der Waals surface area contributed by atoms with Crippen molar-refractivity contribution < 1.29 is 13.6 Å². The Hall–Kier alpha value is -1.49. The van der Waals surface area contributed by atoms with Crippen molar-refractivity contribution in [2.75, 3.05) is 13.1 Å². The number of halogens is 2. The van der Waals surface area contributed by atoms with E-state index in [-0.39, 0.29) is 23.8 Å². The fourth-order valence-electron chi connectivity index (χ4n) is 2.96. The molecule has 0 bridgehead atoms. The van der Waals surface area contributed by atoms with Crippen molar-refractivity contribution >= 4 is 5.91 Å². The Balaban J connectivity index is 1.66. The summed E-state index contributed by atoms with van der Waals surface area (Å²) in [5.41, 5.74) is 6.15. The van der Waals surface area contributed by atoms with Crippen LogP contribution in [0.1, 0.15) is 30.7 Å². The third-order valence-corrected chi connectivity index (χ3v) is 4.32. The van der Waals surface area contributed by atoms with Gasteiger partial charge >= 0.3 is 0 Å². The molecule has 0 spiro atoms. The third kappa shape index (κ3) is 2.54. The van der Waals surface area contributed by atoms with Crippen LogP contribution in [0, 0.1) is 17.6 Å². The maximum Gasteiger partial charge on any atom is 0.226 e. The number of carbonyl (C=O) groups excluding carboxylic acids is 1. The second kappa shape index (κ2) is 5.13. The molecule has 1 aromatic carbocycles. The van der Waals surface area contributed by atoms with Gasteiger partial charge in [-0.15, -0.1) is 0 Å². The Labute approximate surface area is 116 Å². The highest BCUT2D eigenvalue weighted by Crippen LogP contribution is 2.49. The van der Waals surface area contributed by atoms with Gasteiger partial charge in [-0.2, -0.15) is 0 Å². The van der Waals surface area contributed by atoms with Crippen LogP contribution in [-0.2, 0) is 4.79 Å². The van der Waals surface area contributed by atoms with Crippen molar-refractivity contribution in [2.45, 2.75) is 31.2 Å². The van der Waals surface area contributed by atoms with Crippen molar-refractivity contribution in [1.82, 2.24) is 4.90 Å². The second-order valence-electron chi connectivity index (χ2n) is 5.78. The van der Waals surface area contributed by atoms with Crippen LogP contribution in [0.4, 0.5) is 8.78 Å². The number of likely N-dealkylation sites (tertiary alicyclic amines) is 1. The molecule has 2 atom stereocenters. The van der Waals surface area contributed by atoms with Crippen LogP contribution in [0.25, 0.3) is 0 Å².